The SMILES string of the molecule is CCCNC(CCCS(C)(=O)=O)c1cccc(Br)c1F. The lowest BCUT2D eigenvalue weighted by molar-refractivity contribution is 0.467. The molecule has 0 heterocycles. The second-order valence-corrected chi connectivity index (χ2v) is 8.04. The van der Waals surface area contributed by atoms with Gasteiger partial charge in [-0.15, -0.1) is 0 Å². The van der Waals surface area contributed by atoms with Crippen molar-refractivity contribution in [3.63, 3.8) is 0 Å². The molecule has 1 aromatic carbocycles. The lowest BCUT2D eigenvalue weighted by atomic mass is 10.0. The van der Waals surface area contributed by atoms with Crippen LogP contribution in [0.5, 0.6) is 0 Å². The first-order valence-corrected chi connectivity index (χ1v) is 9.55. The van der Waals surface area contributed by atoms with E-state index in [9.17, 15) is 12.8 Å². The average molecular weight is 366 g/mol. The van der Waals surface area contributed by atoms with Crippen LogP contribution < -0.4 is 5.32 Å². The Kier molecular flexibility index (Phi) is 7.12. The first-order valence-electron chi connectivity index (χ1n) is 6.70. The number of hydrogen-bond acceptors (Lipinski definition) is 3. The van der Waals surface area contributed by atoms with Gasteiger partial charge in [-0.2, -0.15) is 0 Å². The summed E-state index contributed by atoms with van der Waals surface area (Å²) in [4.78, 5) is 0. The lowest BCUT2D eigenvalue weighted by Crippen LogP contribution is -2.24. The van der Waals surface area contributed by atoms with E-state index in [-0.39, 0.29) is 17.6 Å². The fourth-order valence-electron chi connectivity index (χ4n) is 2.03. The molecule has 1 rings (SSSR count). The molecule has 1 N–H and O–H groups in total. The number of hydrogen-bond donors (Lipinski definition) is 1. The highest BCUT2D eigenvalue weighted by Crippen LogP contribution is 2.26. The molecule has 20 heavy (non-hydrogen) atoms. The highest BCUT2D eigenvalue weighted by molar-refractivity contribution is 9.10. The van der Waals surface area contributed by atoms with Crippen LogP contribution in [-0.2, 0) is 9.84 Å². The van der Waals surface area contributed by atoms with Gasteiger partial charge in [0.1, 0.15) is 15.7 Å². The van der Waals surface area contributed by atoms with Gasteiger partial charge in [-0.05, 0) is 47.8 Å². The minimum atomic E-state index is -2.97. The van der Waals surface area contributed by atoms with Crippen LogP contribution in [0.3, 0.4) is 0 Å². The fraction of sp³-hybridized carbons (Fsp3) is 0.571. The van der Waals surface area contributed by atoms with Crippen LogP contribution in [0.1, 0.15) is 37.8 Å². The molecule has 0 radical (unpaired) electrons. The van der Waals surface area contributed by atoms with Crippen LogP contribution >= 0.6 is 15.9 Å². The Balaban J connectivity index is 2.80. The molecule has 0 aliphatic carbocycles. The van der Waals surface area contributed by atoms with Crippen molar-refractivity contribution in [1.82, 2.24) is 5.32 Å². The third-order valence-corrected chi connectivity index (χ3v) is 4.65. The maximum absolute atomic E-state index is 14.1. The Morgan fingerprint density at radius 2 is 2.10 bits per heavy atom. The van der Waals surface area contributed by atoms with Gasteiger partial charge in [0.15, 0.2) is 0 Å². The van der Waals surface area contributed by atoms with Crippen molar-refractivity contribution in [3.8, 4) is 0 Å². The van der Waals surface area contributed by atoms with E-state index >= 15 is 0 Å². The minimum Gasteiger partial charge on any atom is -0.310 e. The Morgan fingerprint density at radius 1 is 1.40 bits per heavy atom. The van der Waals surface area contributed by atoms with Crippen LogP contribution in [0.15, 0.2) is 22.7 Å². The molecule has 1 aromatic rings. The summed E-state index contributed by atoms with van der Waals surface area (Å²) < 4.78 is 36.9. The average Bonchev–Trinajstić information content (AvgIpc) is 2.36. The zero-order chi connectivity index (χ0) is 15.2. The van der Waals surface area contributed by atoms with Crippen molar-refractivity contribution >= 4 is 25.8 Å². The highest BCUT2D eigenvalue weighted by Gasteiger charge is 2.17. The van der Waals surface area contributed by atoms with Gasteiger partial charge in [-0.25, -0.2) is 12.8 Å². The van der Waals surface area contributed by atoms with Crippen molar-refractivity contribution in [3.05, 3.63) is 34.1 Å². The standard InChI is InChI=1S/C14H21BrFNO2S/c1-3-9-17-13(8-5-10-20(2,18)19)11-6-4-7-12(15)14(11)16/h4,6-7,13,17H,3,5,8-10H2,1-2H3. The monoisotopic (exact) mass is 365 g/mol. The summed E-state index contributed by atoms with van der Waals surface area (Å²) in [6.07, 6.45) is 3.28. The molecule has 0 saturated carbocycles. The van der Waals surface area contributed by atoms with Gasteiger partial charge in [0.25, 0.3) is 0 Å². The number of sulfone groups is 1. The number of nitrogens with one attached hydrogen (secondary N) is 1. The summed E-state index contributed by atoms with van der Waals surface area (Å²) in [6.45, 7) is 2.81. The van der Waals surface area contributed by atoms with Gasteiger partial charge >= 0.3 is 0 Å². The second-order valence-electron chi connectivity index (χ2n) is 4.92. The first kappa shape index (κ1) is 17.6. The van der Waals surface area contributed by atoms with E-state index in [1.807, 2.05) is 6.92 Å². The van der Waals surface area contributed by atoms with Crippen molar-refractivity contribution in [2.45, 2.75) is 32.2 Å². The molecule has 0 aliphatic heterocycles. The van der Waals surface area contributed by atoms with Gasteiger partial charge in [0.05, 0.1) is 4.47 Å². The molecule has 3 nitrogen and oxygen atoms in total. The Labute approximate surface area is 129 Å². The molecule has 1 atom stereocenters. The molecule has 0 saturated heterocycles. The molecule has 1 unspecified atom stereocenters. The number of rotatable bonds is 8. The Bertz CT molecular complexity index is 534. The zero-order valence-electron chi connectivity index (χ0n) is 11.8. The third kappa shape index (κ3) is 5.89. The lowest BCUT2D eigenvalue weighted by Gasteiger charge is -2.20. The third-order valence-electron chi connectivity index (χ3n) is 3.01. The highest BCUT2D eigenvalue weighted by atomic mass is 79.9. The topological polar surface area (TPSA) is 46.2 Å². The van der Waals surface area contributed by atoms with Crippen LogP contribution in [-0.4, -0.2) is 27.0 Å². The predicted molar refractivity (Wildman–Crippen MR) is 84.1 cm³/mol. The fourth-order valence-corrected chi connectivity index (χ4v) is 3.10. The zero-order valence-corrected chi connectivity index (χ0v) is 14.2. The number of halogens is 2. The molecule has 0 bridgehead atoms. The van der Waals surface area contributed by atoms with Gasteiger partial charge < -0.3 is 5.32 Å². The molecule has 0 spiro atoms. The summed E-state index contributed by atoms with van der Waals surface area (Å²) in [7, 11) is -2.97. The quantitative estimate of drug-likeness (QED) is 0.767. The molecule has 0 fully saturated rings. The van der Waals surface area contributed by atoms with Crippen LogP contribution in [0.4, 0.5) is 4.39 Å². The van der Waals surface area contributed by atoms with Crippen molar-refractivity contribution < 1.29 is 12.8 Å². The molecule has 0 aliphatic rings. The van der Waals surface area contributed by atoms with E-state index < -0.39 is 9.84 Å². The summed E-state index contributed by atoms with van der Waals surface area (Å²) in [5.41, 5.74) is 0.585. The van der Waals surface area contributed by atoms with E-state index in [2.05, 4.69) is 21.2 Å². The van der Waals surface area contributed by atoms with Gasteiger partial charge in [0.2, 0.25) is 0 Å². The minimum absolute atomic E-state index is 0.132. The smallest absolute Gasteiger partial charge is 0.147 e. The van der Waals surface area contributed by atoms with Crippen molar-refractivity contribution in [2.75, 3.05) is 18.6 Å². The van der Waals surface area contributed by atoms with Crippen LogP contribution in [0, 0.1) is 5.82 Å². The van der Waals surface area contributed by atoms with Crippen molar-refractivity contribution in [1.29, 1.82) is 0 Å². The van der Waals surface area contributed by atoms with E-state index in [0.29, 0.717) is 22.9 Å². The predicted octanol–water partition coefficient (Wildman–Crippen LogP) is 3.45. The maximum Gasteiger partial charge on any atom is 0.147 e. The summed E-state index contributed by atoms with van der Waals surface area (Å²) >= 11 is 3.18. The van der Waals surface area contributed by atoms with Gasteiger partial charge in [-0.3, -0.25) is 0 Å². The first-order chi connectivity index (χ1) is 9.35. The largest absolute Gasteiger partial charge is 0.310 e. The normalized spacial score (nSPS) is 13.4. The van der Waals surface area contributed by atoms with Crippen molar-refractivity contribution in [2.24, 2.45) is 0 Å². The van der Waals surface area contributed by atoms with E-state index in [1.165, 1.54) is 6.26 Å². The van der Waals surface area contributed by atoms with Crippen LogP contribution in [0.2, 0.25) is 0 Å². The summed E-state index contributed by atoms with van der Waals surface area (Å²) in [5, 5.41) is 3.28. The maximum atomic E-state index is 14.1. The molecule has 6 heteroatoms. The molecule has 0 amide bonds. The van der Waals surface area contributed by atoms with Gasteiger partial charge in [-0.1, -0.05) is 19.1 Å². The Hall–Kier alpha value is -0.460. The second kappa shape index (κ2) is 8.10. The molecular formula is C14H21BrFNO2S. The summed E-state index contributed by atoms with van der Waals surface area (Å²) in [6, 6.07) is 5.04. The van der Waals surface area contributed by atoms with E-state index in [1.54, 1.807) is 18.2 Å². The van der Waals surface area contributed by atoms with E-state index in [4.69, 9.17) is 0 Å². The number of benzene rings is 1. The molecule has 114 valence electrons. The van der Waals surface area contributed by atoms with Gasteiger partial charge in [0, 0.05) is 23.6 Å². The van der Waals surface area contributed by atoms with Crippen LogP contribution in [0.25, 0.3) is 0 Å². The summed E-state index contributed by atoms with van der Waals surface area (Å²) in [5.74, 6) is -0.145. The molecular weight excluding hydrogens is 345 g/mol. The van der Waals surface area contributed by atoms with E-state index in [0.717, 1.165) is 13.0 Å². The Morgan fingerprint density at radius 3 is 2.70 bits per heavy atom. The molecule has 0 aromatic heterocycles.